The Kier molecular flexibility index (Phi) is 3.90. The van der Waals surface area contributed by atoms with Gasteiger partial charge < -0.3 is 10.2 Å². The van der Waals surface area contributed by atoms with Gasteiger partial charge in [0.1, 0.15) is 5.76 Å². The Morgan fingerprint density at radius 3 is 3.00 bits per heavy atom. The van der Waals surface area contributed by atoms with Gasteiger partial charge in [0.05, 0.1) is 10.6 Å². The van der Waals surface area contributed by atoms with Gasteiger partial charge in [0, 0.05) is 25.7 Å². The molecule has 1 unspecified atom stereocenters. The molecular formula is C16H23N3OS. The Labute approximate surface area is 130 Å². The van der Waals surface area contributed by atoms with E-state index in [1.54, 1.807) is 11.3 Å². The number of hydrogen-bond acceptors (Lipinski definition) is 5. The van der Waals surface area contributed by atoms with E-state index < -0.39 is 0 Å². The Bertz CT molecular complexity index is 603. The average Bonchev–Trinajstić information content (AvgIpc) is 3.04. The van der Waals surface area contributed by atoms with Gasteiger partial charge in [0.2, 0.25) is 5.89 Å². The highest BCUT2D eigenvalue weighted by molar-refractivity contribution is 7.13. The molecule has 114 valence electrons. The second-order valence-corrected chi connectivity index (χ2v) is 7.54. The fraction of sp³-hybridized carbons (Fsp3) is 0.562. The van der Waals surface area contributed by atoms with E-state index in [1.165, 1.54) is 0 Å². The maximum absolute atomic E-state index is 6.21. The van der Waals surface area contributed by atoms with Crippen molar-refractivity contribution in [3.63, 3.8) is 0 Å². The largest absolute Gasteiger partial charge is 0.440 e. The molecule has 0 saturated carbocycles. The molecular weight excluding hydrogens is 282 g/mol. The summed E-state index contributed by atoms with van der Waals surface area (Å²) in [5.74, 6) is 1.66. The van der Waals surface area contributed by atoms with Crippen molar-refractivity contribution in [2.75, 3.05) is 13.1 Å². The molecule has 2 aromatic rings. The maximum Gasteiger partial charge on any atom is 0.236 e. The Balaban J connectivity index is 1.74. The number of aromatic nitrogens is 1. The molecule has 1 fully saturated rings. The van der Waals surface area contributed by atoms with Crippen LogP contribution in [0.2, 0.25) is 0 Å². The molecule has 0 aliphatic carbocycles. The number of rotatable bonds is 3. The third-order valence-corrected chi connectivity index (χ3v) is 5.25. The lowest BCUT2D eigenvalue weighted by atomic mass is 9.79. The highest BCUT2D eigenvalue weighted by Gasteiger charge is 2.33. The summed E-state index contributed by atoms with van der Waals surface area (Å²) in [4.78, 5) is 8.21. The first-order valence-corrected chi connectivity index (χ1v) is 8.32. The summed E-state index contributed by atoms with van der Waals surface area (Å²) in [5.41, 5.74) is 7.41. The van der Waals surface area contributed by atoms with Crippen LogP contribution in [0.25, 0.3) is 10.8 Å². The first-order chi connectivity index (χ1) is 9.95. The Morgan fingerprint density at radius 2 is 2.33 bits per heavy atom. The minimum absolute atomic E-state index is 0.159. The van der Waals surface area contributed by atoms with Crippen LogP contribution in [-0.2, 0) is 6.54 Å². The van der Waals surface area contributed by atoms with Crippen molar-refractivity contribution in [2.24, 2.45) is 11.1 Å². The van der Waals surface area contributed by atoms with Crippen LogP contribution in [0.15, 0.2) is 21.9 Å². The molecule has 3 rings (SSSR count). The molecule has 0 radical (unpaired) electrons. The number of nitrogens with zero attached hydrogens (tertiary/aromatic N) is 2. The highest BCUT2D eigenvalue weighted by atomic mass is 32.1. The van der Waals surface area contributed by atoms with Crippen LogP contribution in [0, 0.1) is 12.3 Å². The summed E-state index contributed by atoms with van der Waals surface area (Å²) in [7, 11) is 0. The van der Waals surface area contributed by atoms with Crippen molar-refractivity contribution in [2.45, 2.75) is 39.8 Å². The van der Waals surface area contributed by atoms with Gasteiger partial charge in [-0.15, -0.1) is 11.3 Å². The zero-order valence-corrected chi connectivity index (χ0v) is 13.7. The summed E-state index contributed by atoms with van der Waals surface area (Å²) in [5, 5.41) is 2.04. The third kappa shape index (κ3) is 3.05. The molecule has 0 bridgehead atoms. The Morgan fingerprint density at radius 1 is 1.52 bits per heavy atom. The molecule has 4 nitrogen and oxygen atoms in total. The SMILES string of the molecule is Cc1oc(-c2cccs2)nc1CN1CCC(N)C(C)(C)C1. The molecule has 1 saturated heterocycles. The van der Waals surface area contributed by atoms with Gasteiger partial charge in [-0.05, 0) is 30.2 Å². The van der Waals surface area contributed by atoms with E-state index in [1.807, 2.05) is 24.4 Å². The van der Waals surface area contributed by atoms with E-state index in [4.69, 9.17) is 10.2 Å². The molecule has 1 aliphatic heterocycles. The van der Waals surface area contributed by atoms with Crippen molar-refractivity contribution in [1.82, 2.24) is 9.88 Å². The van der Waals surface area contributed by atoms with Crippen LogP contribution in [0.3, 0.4) is 0 Å². The van der Waals surface area contributed by atoms with E-state index in [2.05, 4.69) is 23.7 Å². The topological polar surface area (TPSA) is 55.3 Å². The molecule has 2 N–H and O–H groups in total. The normalized spacial score (nSPS) is 22.6. The number of likely N-dealkylation sites (tertiary alicyclic amines) is 1. The van der Waals surface area contributed by atoms with Gasteiger partial charge in [0.25, 0.3) is 0 Å². The van der Waals surface area contributed by atoms with Crippen LogP contribution in [0.5, 0.6) is 0 Å². The van der Waals surface area contributed by atoms with Crippen LogP contribution < -0.4 is 5.73 Å². The van der Waals surface area contributed by atoms with Crippen LogP contribution >= 0.6 is 11.3 Å². The van der Waals surface area contributed by atoms with Crippen molar-refractivity contribution < 1.29 is 4.42 Å². The van der Waals surface area contributed by atoms with Gasteiger partial charge in [-0.1, -0.05) is 19.9 Å². The molecule has 3 heterocycles. The van der Waals surface area contributed by atoms with Crippen molar-refractivity contribution in [3.05, 3.63) is 29.0 Å². The first kappa shape index (κ1) is 14.8. The minimum atomic E-state index is 0.159. The zero-order chi connectivity index (χ0) is 15.0. The van der Waals surface area contributed by atoms with E-state index >= 15 is 0 Å². The highest BCUT2D eigenvalue weighted by Crippen LogP contribution is 2.30. The number of nitrogens with two attached hydrogens (primary N) is 1. The number of hydrogen-bond donors (Lipinski definition) is 1. The number of aryl methyl sites for hydroxylation is 1. The predicted octanol–water partition coefficient (Wildman–Crippen LogP) is 3.27. The number of thiophene rings is 1. The second kappa shape index (κ2) is 5.55. The lowest BCUT2D eigenvalue weighted by molar-refractivity contribution is 0.0887. The average molecular weight is 305 g/mol. The van der Waals surface area contributed by atoms with E-state index in [-0.39, 0.29) is 11.5 Å². The summed E-state index contributed by atoms with van der Waals surface area (Å²) >= 11 is 1.66. The first-order valence-electron chi connectivity index (χ1n) is 7.44. The summed E-state index contributed by atoms with van der Waals surface area (Å²) < 4.78 is 5.82. The molecule has 0 spiro atoms. The van der Waals surface area contributed by atoms with Crippen LogP contribution in [0.4, 0.5) is 0 Å². The van der Waals surface area contributed by atoms with E-state index in [9.17, 15) is 0 Å². The predicted molar refractivity (Wildman–Crippen MR) is 86.2 cm³/mol. The zero-order valence-electron chi connectivity index (χ0n) is 12.9. The van der Waals surface area contributed by atoms with Gasteiger partial charge in [-0.3, -0.25) is 4.90 Å². The van der Waals surface area contributed by atoms with E-state index in [0.29, 0.717) is 0 Å². The summed E-state index contributed by atoms with van der Waals surface area (Å²) in [6.07, 6.45) is 1.04. The van der Waals surface area contributed by atoms with Crippen molar-refractivity contribution >= 4 is 11.3 Å². The summed E-state index contributed by atoms with van der Waals surface area (Å²) in [6, 6.07) is 4.35. The third-order valence-electron chi connectivity index (χ3n) is 4.39. The molecule has 1 aliphatic rings. The van der Waals surface area contributed by atoms with Gasteiger partial charge >= 0.3 is 0 Å². The molecule has 1 atom stereocenters. The number of oxazole rings is 1. The molecule has 0 amide bonds. The quantitative estimate of drug-likeness (QED) is 0.945. The maximum atomic E-state index is 6.21. The molecule has 21 heavy (non-hydrogen) atoms. The van der Waals surface area contributed by atoms with Crippen LogP contribution in [0.1, 0.15) is 31.7 Å². The smallest absolute Gasteiger partial charge is 0.236 e. The van der Waals surface area contributed by atoms with Crippen molar-refractivity contribution in [3.8, 4) is 10.8 Å². The second-order valence-electron chi connectivity index (χ2n) is 6.59. The van der Waals surface area contributed by atoms with Gasteiger partial charge in [0.15, 0.2) is 0 Å². The summed E-state index contributed by atoms with van der Waals surface area (Å²) in [6.45, 7) is 9.38. The lowest BCUT2D eigenvalue weighted by Gasteiger charge is -2.42. The molecule has 0 aromatic carbocycles. The van der Waals surface area contributed by atoms with E-state index in [0.717, 1.165) is 48.3 Å². The Hall–Kier alpha value is -1.17. The van der Waals surface area contributed by atoms with Crippen LogP contribution in [-0.4, -0.2) is 29.0 Å². The van der Waals surface area contributed by atoms with Gasteiger partial charge in [-0.2, -0.15) is 0 Å². The molecule has 2 aromatic heterocycles. The van der Waals surface area contributed by atoms with Gasteiger partial charge in [-0.25, -0.2) is 4.98 Å². The minimum Gasteiger partial charge on any atom is -0.440 e. The standard InChI is InChI=1S/C16H23N3OS/c1-11-12(18-15(20-11)13-5-4-8-21-13)9-19-7-6-14(17)16(2,3)10-19/h4-5,8,14H,6-7,9-10,17H2,1-3H3. The fourth-order valence-electron chi connectivity index (χ4n) is 2.91. The van der Waals surface area contributed by atoms with Crippen molar-refractivity contribution in [1.29, 1.82) is 0 Å². The molecule has 5 heteroatoms. The fourth-order valence-corrected chi connectivity index (χ4v) is 3.56. The number of piperidine rings is 1. The lowest BCUT2D eigenvalue weighted by Crippen LogP contribution is -2.52. The monoisotopic (exact) mass is 305 g/mol.